The van der Waals surface area contributed by atoms with Gasteiger partial charge < -0.3 is 19.8 Å². The molecule has 0 radical (unpaired) electrons. The van der Waals surface area contributed by atoms with E-state index < -0.39 is 0 Å². The molecule has 1 fully saturated rings. The molecule has 1 aromatic carbocycles. The van der Waals surface area contributed by atoms with Gasteiger partial charge in [0.15, 0.2) is 5.96 Å². The lowest BCUT2D eigenvalue weighted by Gasteiger charge is -2.37. The van der Waals surface area contributed by atoms with Gasteiger partial charge in [-0.05, 0) is 23.6 Å². The molecular weight excluding hydrogens is 364 g/mol. The number of morpholine rings is 1. The molecule has 0 saturated carbocycles. The highest BCUT2D eigenvalue weighted by Gasteiger charge is 2.23. The first kappa shape index (κ1) is 21.4. The minimum atomic E-state index is 0.452. The third-order valence-corrected chi connectivity index (χ3v) is 5.27. The Labute approximate surface area is 174 Å². The smallest absolute Gasteiger partial charge is 0.191 e. The highest BCUT2D eigenvalue weighted by Crippen LogP contribution is 2.12. The maximum atomic E-state index is 5.52. The zero-order chi connectivity index (χ0) is 20.3. The summed E-state index contributed by atoms with van der Waals surface area (Å²) in [6.45, 7) is 10.5. The summed E-state index contributed by atoms with van der Waals surface area (Å²) >= 11 is 0. The van der Waals surface area contributed by atoms with Crippen LogP contribution in [-0.2, 0) is 17.7 Å². The number of hydrogen-bond donors (Lipinski definition) is 2. The molecule has 0 bridgehead atoms. The van der Waals surface area contributed by atoms with E-state index in [2.05, 4.69) is 53.6 Å². The maximum absolute atomic E-state index is 5.52. The number of nitrogens with one attached hydrogen (secondary N) is 2. The van der Waals surface area contributed by atoms with E-state index in [1.54, 1.807) is 6.26 Å². The molecule has 1 aromatic heterocycles. The molecule has 2 aromatic rings. The van der Waals surface area contributed by atoms with Gasteiger partial charge in [0.05, 0.1) is 26.0 Å². The highest BCUT2D eigenvalue weighted by molar-refractivity contribution is 5.79. The van der Waals surface area contributed by atoms with E-state index in [4.69, 9.17) is 14.1 Å². The quantitative estimate of drug-likeness (QED) is 0.502. The Balaban J connectivity index is 1.59. The van der Waals surface area contributed by atoms with E-state index in [1.165, 1.54) is 5.56 Å². The van der Waals surface area contributed by atoms with Gasteiger partial charge in [-0.1, -0.05) is 44.2 Å². The second-order valence-corrected chi connectivity index (χ2v) is 7.75. The monoisotopic (exact) mass is 398 g/mol. The normalized spacial score (nSPS) is 16.7. The van der Waals surface area contributed by atoms with Crippen molar-refractivity contribution in [2.75, 3.05) is 39.4 Å². The Hall–Kier alpha value is -2.31. The second-order valence-electron chi connectivity index (χ2n) is 7.75. The van der Waals surface area contributed by atoms with E-state index in [0.29, 0.717) is 18.5 Å². The molecule has 1 aliphatic rings. The number of furan rings is 1. The summed E-state index contributed by atoms with van der Waals surface area (Å²) in [7, 11) is 0. The summed E-state index contributed by atoms with van der Waals surface area (Å²) in [4.78, 5) is 7.34. The van der Waals surface area contributed by atoms with Crippen LogP contribution in [0.5, 0.6) is 0 Å². The standard InChI is InChI=1S/C23H34N4O2/c1-19(2)22(27-12-15-28-16-13-27)18-26-23(24-11-10-21-9-6-14-29-21)25-17-20-7-4-3-5-8-20/h3-9,14,19,22H,10-13,15-18H2,1-2H3,(H2,24,25,26). The zero-order valence-corrected chi connectivity index (χ0v) is 17.6. The molecule has 6 nitrogen and oxygen atoms in total. The number of guanidine groups is 1. The van der Waals surface area contributed by atoms with E-state index in [1.807, 2.05) is 18.2 Å². The van der Waals surface area contributed by atoms with Gasteiger partial charge in [0.25, 0.3) is 0 Å². The lowest BCUT2D eigenvalue weighted by atomic mass is 10.0. The molecule has 2 heterocycles. The Kier molecular flexibility index (Phi) is 8.58. The van der Waals surface area contributed by atoms with Gasteiger partial charge in [-0.25, -0.2) is 4.99 Å². The van der Waals surface area contributed by atoms with E-state index in [-0.39, 0.29) is 0 Å². The number of ether oxygens (including phenoxy) is 1. The first-order valence-corrected chi connectivity index (χ1v) is 10.6. The van der Waals surface area contributed by atoms with Crippen molar-refractivity contribution in [2.45, 2.75) is 32.9 Å². The van der Waals surface area contributed by atoms with Crippen molar-refractivity contribution in [3.8, 4) is 0 Å². The Morgan fingerprint density at radius 2 is 1.86 bits per heavy atom. The van der Waals surface area contributed by atoms with Crippen LogP contribution in [0.1, 0.15) is 25.2 Å². The molecule has 29 heavy (non-hydrogen) atoms. The molecule has 158 valence electrons. The molecule has 0 spiro atoms. The first-order chi connectivity index (χ1) is 14.2. The SMILES string of the molecule is CC(C)C(CNC(=NCc1ccccc1)NCCc1ccco1)N1CCOCC1. The summed E-state index contributed by atoms with van der Waals surface area (Å²) < 4.78 is 11.0. The van der Waals surface area contributed by atoms with Crippen molar-refractivity contribution in [2.24, 2.45) is 10.9 Å². The lowest BCUT2D eigenvalue weighted by Crippen LogP contribution is -2.52. The number of nitrogens with zero attached hydrogens (tertiary/aromatic N) is 2. The average Bonchev–Trinajstić information content (AvgIpc) is 3.26. The number of rotatable bonds is 9. The molecule has 0 aliphatic carbocycles. The largest absolute Gasteiger partial charge is 0.469 e. The molecule has 3 rings (SSSR count). The predicted octanol–water partition coefficient (Wildman–Crippen LogP) is 2.91. The van der Waals surface area contributed by atoms with Crippen LogP contribution in [0.4, 0.5) is 0 Å². The summed E-state index contributed by atoms with van der Waals surface area (Å²) in [5.41, 5.74) is 1.20. The van der Waals surface area contributed by atoms with E-state index in [0.717, 1.165) is 57.5 Å². The molecule has 1 saturated heterocycles. The Morgan fingerprint density at radius 1 is 1.07 bits per heavy atom. The predicted molar refractivity (Wildman–Crippen MR) is 117 cm³/mol. The average molecular weight is 399 g/mol. The van der Waals surface area contributed by atoms with Crippen LogP contribution in [0.2, 0.25) is 0 Å². The minimum absolute atomic E-state index is 0.452. The summed E-state index contributed by atoms with van der Waals surface area (Å²) in [5, 5.41) is 7.04. The number of aliphatic imine (C=N–C) groups is 1. The van der Waals surface area contributed by atoms with Gasteiger partial charge in [-0.2, -0.15) is 0 Å². The first-order valence-electron chi connectivity index (χ1n) is 10.6. The van der Waals surface area contributed by atoms with Crippen molar-refractivity contribution in [3.63, 3.8) is 0 Å². The third kappa shape index (κ3) is 7.22. The van der Waals surface area contributed by atoms with E-state index >= 15 is 0 Å². The molecule has 0 amide bonds. The summed E-state index contributed by atoms with van der Waals surface area (Å²) in [5.74, 6) is 2.38. The Bertz CT molecular complexity index is 710. The van der Waals surface area contributed by atoms with Crippen molar-refractivity contribution in [1.29, 1.82) is 0 Å². The van der Waals surface area contributed by atoms with Crippen LogP contribution in [0.25, 0.3) is 0 Å². The fourth-order valence-electron chi connectivity index (χ4n) is 3.58. The lowest BCUT2D eigenvalue weighted by molar-refractivity contribution is 0.00752. The summed E-state index contributed by atoms with van der Waals surface area (Å²) in [6.07, 6.45) is 2.55. The maximum Gasteiger partial charge on any atom is 0.191 e. The van der Waals surface area contributed by atoms with Crippen LogP contribution in [0.15, 0.2) is 58.1 Å². The van der Waals surface area contributed by atoms with Crippen LogP contribution >= 0.6 is 0 Å². The molecule has 1 aliphatic heterocycles. The molecule has 6 heteroatoms. The topological polar surface area (TPSA) is 62.0 Å². The van der Waals surface area contributed by atoms with E-state index in [9.17, 15) is 0 Å². The fraction of sp³-hybridized carbons (Fsp3) is 0.522. The van der Waals surface area contributed by atoms with Crippen molar-refractivity contribution in [3.05, 3.63) is 60.1 Å². The van der Waals surface area contributed by atoms with Gasteiger partial charge >= 0.3 is 0 Å². The van der Waals surface area contributed by atoms with Crippen LogP contribution < -0.4 is 10.6 Å². The van der Waals surface area contributed by atoms with Crippen LogP contribution in [-0.4, -0.2) is 56.3 Å². The van der Waals surface area contributed by atoms with Gasteiger partial charge in [-0.3, -0.25) is 4.90 Å². The summed E-state index contributed by atoms with van der Waals surface area (Å²) in [6, 6.07) is 14.7. The number of benzene rings is 1. The van der Waals surface area contributed by atoms with Crippen molar-refractivity contribution in [1.82, 2.24) is 15.5 Å². The van der Waals surface area contributed by atoms with Crippen LogP contribution in [0.3, 0.4) is 0 Å². The van der Waals surface area contributed by atoms with Gasteiger partial charge in [0.2, 0.25) is 0 Å². The van der Waals surface area contributed by atoms with Crippen molar-refractivity contribution < 1.29 is 9.15 Å². The third-order valence-electron chi connectivity index (χ3n) is 5.27. The van der Waals surface area contributed by atoms with Crippen LogP contribution in [0, 0.1) is 5.92 Å². The Morgan fingerprint density at radius 3 is 2.55 bits per heavy atom. The molecule has 1 unspecified atom stereocenters. The van der Waals surface area contributed by atoms with Gasteiger partial charge in [-0.15, -0.1) is 0 Å². The zero-order valence-electron chi connectivity index (χ0n) is 17.6. The molecule has 2 N–H and O–H groups in total. The fourth-order valence-corrected chi connectivity index (χ4v) is 3.58. The highest BCUT2D eigenvalue weighted by atomic mass is 16.5. The van der Waals surface area contributed by atoms with Crippen molar-refractivity contribution >= 4 is 5.96 Å². The number of hydrogen-bond acceptors (Lipinski definition) is 4. The van der Waals surface area contributed by atoms with Gasteiger partial charge in [0, 0.05) is 38.6 Å². The molecule has 1 atom stereocenters. The second kappa shape index (κ2) is 11.6. The van der Waals surface area contributed by atoms with Gasteiger partial charge in [0.1, 0.15) is 5.76 Å². The molecular formula is C23H34N4O2. The minimum Gasteiger partial charge on any atom is -0.469 e.